The van der Waals surface area contributed by atoms with Crippen LogP contribution in [0.25, 0.3) is 10.9 Å². The lowest BCUT2D eigenvalue weighted by molar-refractivity contribution is -0.384. The van der Waals surface area contributed by atoms with Crippen LogP contribution in [0.15, 0.2) is 27.5 Å². The standard InChI is InChI=1S/C25H27N3O6S/c1-4-34-25(31)18-11-27(15-5-6-15)21-14(3)22(19(28(32)33)9-16(21)24(18)30)26-8-7-20-17(10-26)23(29)13(2)12-35-20/h9,11,13,15H,4-8,10,12H2,1-3H3. The highest BCUT2D eigenvalue weighted by atomic mass is 32.2. The first kappa shape index (κ1) is 23.6. The molecule has 0 N–H and O–H groups in total. The van der Waals surface area contributed by atoms with Crippen LogP contribution in [-0.4, -0.2) is 46.7 Å². The summed E-state index contributed by atoms with van der Waals surface area (Å²) in [5.74, 6) is 0.0749. The second-order valence-corrected chi connectivity index (χ2v) is 10.5. The number of aryl methyl sites for hydroxylation is 1. The second-order valence-electron chi connectivity index (χ2n) is 9.40. The fourth-order valence-corrected chi connectivity index (χ4v) is 6.31. The number of ether oxygens (including phenoxy) is 1. The Morgan fingerprint density at radius 3 is 2.71 bits per heavy atom. The van der Waals surface area contributed by atoms with E-state index in [-0.39, 0.29) is 41.0 Å². The molecular formula is C25H27N3O6S. The molecule has 1 saturated carbocycles. The molecule has 0 amide bonds. The summed E-state index contributed by atoms with van der Waals surface area (Å²) in [6.07, 6.45) is 4.00. The number of thioether (sulfide) groups is 1. The summed E-state index contributed by atoms with van der Waals surface area (Å²) >= 11 is 1.71. The Labute approximate surface area is 206 Å². The van der Waals surface area contributed by atoms with E-state index >= 15 is 0 Å². The number of hydrogen-bond acceptors (Lipinski definition) is 8. The third kappa shape index (κ3) is 3.93. The normalized spacial score (nSPS) is 20.3. The summed E-state index contributed by atoms with van der Waals surface area (Å²) in [6, 6.07) is 1.41. The van der Waals surface area contributed by atoms with Gasteiger partial charge in [0.25, 0.3) is 5.69 Å². The quantitative estimate of drug-likeness (QED) is 0.344. The number of rotatable bonds is 5. The number of pyridine rings is 1. The Morgan fingerprint density at radius 2 is 2.06 bits per heavy atom. The lowest BCUT2D eigenvalue weighted by Crippen LogP contribution is -2.38. The van der Waals surface area contributed by atoms with Crippen molar-refractivity contribution in [3.8, 4) is 0 Å². The molecule has 3 aliphatic rings. The number of Topliss-reactive ketones (excluding diaryl/α,β-unsaturated/α-hetero) is 1. The van der Waals surface area contributed by atoms with Gasteiger partial charge in [0, 0.05) is 54.2 Å². The van der Waals surface area contributed by atoms with Gasteiger partial charge in [-0.15, -0.1) is 11.8 Å². The van der Waals surface area contributed by atoms with Gasteiger partial charge in [0.05, 0.1) is 22.4 Å². The first-order chi connectivity index (χ1) is 16.7. The summed E-state index contributed by atoms with van der Waals surface area (Å²) in [4.78, 5) is 53.4. The molecule has 184 valence electrons. The van der Waals surface area contributed by atoms with Crippen molar-refractivity contribution >= 4 is 45.8 Å². The number of nitrogens with zero attached hydrogens (tertiary/aromatic N) is 3. The number of anilines is 1. The van der Waals surface area contributed by atoms with Crippen molar-refractivity contribution < 1.29 is 19.2 Å². The highest BCUT2D eigenvalue weighted by Crippen LogP contribution is 2.44. The van der Waals surface area contributed by atoms with E-state index in [4.69, 9.17) is 4.74 Å². The van der Waals surface area contributed by atoms with Gasteiger partial charge in [0.1, 0.15) is 11.3 Å². The monoisotopic (exact) mass is 497 g/mol. The molecule has 2 aromatic rings. The summed E-state index contributed by atoms with van der Waals surface area (Å²) in [5, 5.41) is 12.4. The molecule has 0 saturated heterocycles. The lowest BCUT2D eigenvalue weighted by atomic mass is 9.95. The third-order valence-corrected chi connectivity index (χ3v) is 8.47. The fraction of sp³-hybridized carbons (Fsp3) is 0.480. The first-order valence-electron chi connectivity index (χ1n) is 11.9. The number of benzene rings is 1. The molecule has 1 aromatic carbocycles. The van der Waals surface area contributed by atoms with E-state index in [1.807, 2.05) is 16.4 Å². The van der Waals surface area contributed by atoms with Crippen LogP contribution in [0.1, 0.15) is 55.1 Å². The number of hydrogen-bond donors (Lipinski definition) is 0. The lowest BCUT2D eigenvalue weighted by Gasteiger charge is -2.35. The Bertz CT molecular complexity index is 1370. The van der Waals surface area contributed by atoms with Crippen LogP contribution in [0, 0.1) is 23.0 Å². The van der Waals surface area contributed by atoms with Gasteiger partial charge in [-0.1, -0.05) is 6.92 Å². The number of nitro groups is 1. The number of carbonyl (C=O) groups is 2. The molecule has 5 rings (SSSR count). The summed E-state index contributed by atoms with van der Waals surface area (Å²) < 4.78 is 6.98. The van der Waals surface area contributed by atoms with Crippen molar-refractivity contribution in [1.82, 2.24) is 4.57 Å². The smallest absolute Gasteiger partial charge is 0.343 e. The van der Waals surface area contributed by atoms with Crippen LogP contribution in [0.3, 0.4) is 0 Å². The molecule has 10 heteroatoms. The minimum Gasteiger partial charge on any atom is -0.462 e. The Morgan fingerprint density at radius 1 is 1.31 bits per heavy atom. The maximum Gasteiger partial charge on any atom is 0.343 e. The highest BCUT2D eigenvalue weighted by molar-refractivity contribution is 8.03. The summed E-state index contributed by atoms with van der Waals surface area (Å²) in [6.45, 7) is 6.35. The predicted molar refractivity (Wildman–Crippen MR) is 134 cm³/mol. The minimum absolute atomic E-state index is 0.0762. The molecular weight excluding hydrogens is 470 g/mol. The van der Waals surface area contributed by atoms with Crippen LogP contribution < -0.4 is 10.3 Å². The molecule has 1 unspecified atom stereocenters. The zero-order chi connectivity index (χ0) is 25.0. The van der Waals surface area contributed by atoms with Crippen molar-refractivity contribution in [2.75, 3.05) is 30.3 Å². The molecule has 35 heavy (non-hydrogen) atoms. The number of esters is 1. The van der Waals surface area contributed by atoms with Gasteiger partial charge >= 0.3 is 5.97 Å². The van der Waals surface area contributed by atoms with Gasteiger partial charge in [-0.3, -0.25) is 19.7 Å². The van der Waals surface area contributed by atoms with Crippen LogP contribution >= 0.6 is 11.8 Å². The number of carbonyl (C=O) groups excluding carboxylic acids is 2. The maximum absolute atomic E-state index is 13.3. The van der Waals surface area contributed by atoms with Gasteiger partial charge in [0.15, 0.2) is 5.78 Å². The van der Waals surface area contributed by atoms with E-state index in [1.54, 1.807) is 31.8 Å². The van der Waals surface area contributed by atoms with Crippen LogP contribution in [0.2, 0.25) is 0 Å². The largest absolute Gasteiger partial charge is 0.462 e. The molecule has 3 heterocycles. The van der Waals surface area contributed by atoms with E-state index < -0.39 is 16.3 Å². The molecule has 1 atom stereocenters. The highest BCUT2D eigenvalue weighted by Gasteiger charge is 2.36. The molecule has 9 nitrogen and oxygen atoms in total. The summed E-state index contributed by atoms with van der Waals surface area (Å²) in [7, 11) is 0. The van der Waals surface area contributed by atoms with E-state index in [0.717, 1.165) is 29.1 Å². The predicted octanol–water partition coefficient (Wildman–Crippen LogP) is 4.15. The first-order valence-corrected chi connectivity index (χ1v) is 12.9. The topological polar surface area (TPSA) is 112 Å². The summed E-state index contributed by atoms with van der Waals surface area (Å²) in [5.41, 5.74) is 1.52. The molecule has 0 spiro atoms. The Kier molecular flexibility index (Phi) is 5.94. The van der Waals surface area contributed by atoms with Crippen molar-refractivity contribution in [3.63, 3.8) is 0 Å². The number of nitro benzene ring substituents is 1. The number of ketones is 1. The molecule has 1 aliphatic carbocycles. The maximum atomic E-state index is 13.3. The van der Waals surface area contributed by atoms with Crippen LogP contribution in [0.4, 0.5) is 11.4 Å². The van der Waals surface area contributed by atoms with Crippen molar-refractivity contribution in [2.45, 2.75) is 46.1 Å². The average molecular weight is 498 g/mol. The molecule has 2 aliphatic heterocycles. The van der Waals surface area contributed by atoms with Gasteiger partial charge in [-0.05, 0) is 38.0 Å². The number of aromatic nitrogens is 1. The zero-order valence-corrected chi connectivity index (χ0v) is 20.8. The second kappa shape index (κ2) is 8.82. The minimum atomic E-state index is -0.726. The van der Waals surface area contributed by atoms with Crippen molar-refractivity contribution in [1.29, 1.82) is 0 Å². The van der Waals surface area contributed by atoms with E-state index in [0.29, 0.717) is 36.3 Å². The molecule has 0 bridgehead atoms. The average Bonchev–Trinajstić information content (AvgIpc) is 3.67. The van der Waals surface area contributed by atoms with Gasteiger partial charge in [-0.25, -0.2) is 4.79 Å². The van der Waals surface area contributed by atoms with E-state index in [1.165, 1.54) is 6.07 Å². The Hall–Kier alpha value is -3.14. The number of fused-ring (bicyclic) bond motifs is 1. The van der Waals surface area contributed by atoms with Gasteiger partial charge in [0.2, 0.25) is 5.43 Å². The zero-order valence-electron chi connectivity index (χ0n) is 20.0. The van der Waals surface area contributed by atoms with Crippen LogP contribution in [-0.2, 0) is 9.53 Å². The Balaban J connectivity index is 1.72. The fourth-order valence-electron chi connectivity index (χ4n) is 5.14. The van der Waals surface area contributed by atoms with Gasteiger partial charge < -0.3 is 14.2 Å². The van der Waals surface area contributed by atoms with E-state index in [9.17, 15) is 24.5 Å². The van der Waals surface area contributed by atoms with Gasteiger partial charge in [-0.2, -0.15) is 0 Å². The van der Waals surface area contributed by atoms with Crippen molar-refractivity contribution in [2.24, 2.45) is 5.92 Å². The molecule has 0 radical (unpaired) electrons. The molecule has 1 fully saturated rings. The van der Waals surface area contributed by atoms with E-state index in [2.05, 4.69) is 0 Å². The van der Waals surface area contributed by atoms with Crippen LogP contribution in [0.5, 0.6) is 0 Å². The third-order valence-electron chi connectivity index (χ3n) is 7.00. The SMILES string of the molecule is CCOC(=O)c1cn(C2CC2)c2c(C)c(N3CCC4=C(C3)C(=O)C(C)CS4)c([N+](=O)[O-])cc2c1=O. The van der Waals surface area contributed by atoms with Crippen molar-refractivity contribution in [3.05, 3.63) is 54.2 Å². The molecule has 1 aromatic heterocycles.